The molecule has 2 N–H and O–H groups in total. The van der Waals surface area contributed by atoms with Gasteiger partial charge in [0.15, 0.2) is 9.84 Å². The Hall–Kier alpha value is -1.60. The fourth-order valence-corrected chi connectivity index (χ4v) is 3.26. The SMILES string of the molecule is O=C(CS(=O)(=O)c1ccc(C(=O)O)c(Cl)c1)NCC1CC1. The minimum absolute atomic E-state index is 0.168. The van der Waals surface area contributed by atoms with Crippen LogP contribution in [-0.2, 0) is 14.6 Å². The number of nitrogens with one attached hydrogen (secondary N) is 1. The summed E-state index contributed by atoms with van der Waals surface area (Å²) in [6.07, 6.45) is 2.11. The average Bonchev–Trinajstić information content (AvgIpc) is 3.19. The first-order chi connectivity index (χ1) is 9.79. The molecule has 2 rings (SSSR count). The Bertz CT molecular complexity index is 682. The molecule has 114 valence electrons. The quantitative estimate of drug-likeness (QED) is 0.819. The first-order valence-corrected chi connectivity index (χ1v) is 8.35. The number of carbonyl (C=O) groups excluding carboxylic acids is 1. The van der Waals surface area contributed by atoms with Gasteiger partial charge in [0.2, 0.25) is 5.91 Å². The van der Waals surface area contributed by atoms with Crippen molar-refractivity contribution in [1.29, 1.82) is 0 Å². The Kier molecular flexibility index (Phi) is 4.53. The zero-order valence-electron chi connectivity index (χ0n) is 11.0. The zero-order chi connectivity index (χ0) is 15.6. The van der Waals surface area contributed by atoms with E-state index >= 15 is 0 Å². The number of hydrogen-bond donors (Lipinski definition) is 2. The van der Waals surface area contributed by atoms with Crippen LogP contribution < -0.4 is 5.32 Å². The van der Waals surface area contributed by atoms with E-state index in [1.165, 1.54) is 0 Å². The van der Waals surface area contributed by atoms with Gasteiger partial charge in [-0.2, -0.15) is 0 Å². The van der Waals surface area contributed by atoms with E-state index in [1.807, 2.05) is 0 Å². The molecule has 1 fully saturated rings. The number of amides is 1. The highest BCUT2D eigenvalue weighted by Gasteiger charge is 2.24. The van der Waals surface area contributed by atoms with Crippen LogP contribution in [-0.4, -0.2) is 37.7 Å². The van der Waals surface area contributed by atoms with Crippen LogP contribution in [0.25, 0.3) is 0 Å². The van der Waals surface area contributed by atoms with Crippen molar-refractivity contribution in [2.45, 2.75) is 17.7 Å². The van der Waals surface area contributed by atoms with Gasteiger partial charge in [-0.05, 0) is 37.0 Å². The van der Waals surface area contributed by atoms with Crippen molar-refractivity contribution in [3.05, 3.63) is 28.8 Å². The summed E-state index contributed by atoms with van der Waals surface area (Å²) >= 11 is 5.73. The van der Waals surface area contributed by atoms with Gasteiger partial charge in [0, 0.05) is 6.54 Å². The molecule has 1 aromatic rings. The minimum atomic E-state index is -3.84. The maximum Gasteiger partial charge on any atom is 0.337 e. The summed E-state index contributed by atoms with van der Waals surface area (Å²) in [5.41, 5.74) is -0.186. The predicted octanol–water partition coefficient (Wildman–Crippen LogP) is 1.34. The summed E-state index contributed by atoms with van der Waals surface area (Å²) < 4.78 is 24.1. The van der Waals surface area contributed by atoms with E-state index < -0.39 is 27.5 Å². The lowest BCUT2D eigenvalue weighted by Gasteiger charge is -2.07. The topological polar surface area (TPSA) is 101 Å². The molecule has 0 spiro atoms. The summed E-state index contributed by atoms with van der Waals surface area (Å²) in [5, 5.41) is 11.2. The summed E-state index contributed by atoms with van der Waals surface area (Å²) in [6, 6.07) is 3.30. The first-order valence-electron chi connectivity index (χ1n) is 6.32. The summed E-state index contributed by atoms with van der Waals surface area (Å²) in [4.78, 5) is 22.3. The van der Waals surface area contributed by atoms with Crippen LogP contribution in [0.2, 0.25) is 5.02 Å². The monoisotopic (exact) mass is 331 g/mol. The molecule has 0 radical (unpaired) electrons. The molecule has 0 saturated heterocycles. The standard InChI is InChI=1S/C13H14ClNO5S/c14-11-5-9(3-4-10(11)13(17)18)21(19,20)7-12(16)15-6-8-1-2-8/h3-5,8H,1-2,6-7H2,(H,15,16)(H,17,18). The number of hydrogen-bond acceptors (Lipinski definition) is 4. The zero-order valence-corrected chi connectivity index (χ0v) is 12.6. The maximum absolute atomic E-state index is 12.1. The third kappa shape index (κ3) is 4.18. The van der Waals surface area contributed by atoms with Gasteiger partial charge in [-0.15, -0.1) is 0 Å². The third-order valence-electron chi connectivity index (χ3n) is 3.14. The van der Waals surface area contributed by atoms with E-state index in [9.17, 15) is 18.0 Å². The Morgan fingerprint density at radius 1 is 1.33 bits per heavy atom. The van der Waals surface area contributed by atoms with Crippen LogP contribution in [0.5, 0.6) is 0 Å². The van der Waals surface area contributed by atoms with Crippen molar-refractivity contribution >= 4 is 33.3 Å². The molecule has 0 bridgehead atoms. The molecular formula is C13H14ClNO5S. The van der Waals surface area contributed by atoms with Gasteiger partial charge < -0.3 is 10.4 Å². The van der Waals surface area contributed by atoms with Crippen molar-refractivity contribution in [2.75, 3.05) is 12.3 Å². The van der Waals surface area contributed by atoms with Crippen molar-refractivity contribution in [2.24, 2.45) is 5.92 Å². The van der Waals surface area contributed by atoms with Crippen molar-refractivity contribution < 1.29 is 23.1 Å². The fourth-order valence-electron chi connectivity index (χ4n) is 1.75. The Morgan fingerprint density at radius 2 is 2.00 bits per heavy atom. The lowest BCUT2D eigenvalue weighted by Crippen LogP contribution is -2.31. The number of carboxylic acids is 1. The number of benzene rings is 1. The second-order valence-corrected chi connectivity index (χ2v) is 7.35. The molecule has 21 heavy (non-hydrogen) atoms. The number of halogens is 1. The number of carboxylic acid groups (broad SMARTS) is 1. The van der Waals surface area contributed by atoms with Gasteiger partial charge in [0.1, 0.15) is 5.75 Å². The van der Waals surface area contributed by atoms with E-state index in [2.05, 4.69) is 5.32 Å². The van der Waals surface area contributed by atoms with Crippen LogP contribution in [0, 0.1) is 5.92 Å². The molecule has 1 aliphatic rings. The normalized spacial score (nSPS) is 14.7. The van der Waals surface area contributed by atoms with Crippen LogP contribution in [0.4, 0.5) is 0 Å². The Labute approximate surface area is 127 Å². The van der Waals surface area contributed by atoms with E-state index in [1.54, 1.807) is 0 Å². The summed E-state index contributed by atoms with van der Waals surface area (Å²) in [6.45, 7) is 0.493. The van der Waals surface area contributed by atoms with E-state index in [-0.39, 0.29) is 15.5 Å². The van der Waals surface area contributed by atoms with Crippen molar-refractivity contribution in [3.63, 3.8) is 0 Å². The highest BCUT2D eigenvalue weighted by molar-refractivity contribution is 7.92. The Morgan fingerprint density at radius 3 is 2.52 bits per heavy atom. The lowest BCUT2D eigenvalue weighted by molar-refractivity contribution is -0.118. The van der Waals surface area contributed by atoms with Gasteiger partial charge in [0.05, 0.1) is 15.5 Å². The first kappa shape index (κ1) is 15.8. The largest absolute Gasteiger partial charge is 0.478 e. The average molecular weight is 332 g/mol. The number of sulfone groups is 1. The summed E-state index contributed by atoms with van der Waals surface area (Å²) in [5.74, 6) is -2.03. The predicted molar refractivity (Wildman–Crippen MR) is 76.2 cm³/mol. The van der Waals surface area contributed by atoms with Crippen LogP contribution >= 0.6 is 11.6 Å². The Balaban J connectivity index is 2.09. The molecular weight excluding hydrogens is 318 g/mol. The minimum Gasteiger partial charge on any atom is -0.478 e. The molecule has 1 saturated carbocycles. The molecule has 8 heteroatoms. The van der Waals surface area contributed by atoms with E-state index in [0.717, 1.165) is 31.0 Å². The molecule has 6 nitrogen and oxygen atoms in total. The van der Waals surface area contributed by atoms with Crippen molar-refractivity contribution in [1.82, 2.24) is 5.32 Å². The third-order valence-corrected chi connectivity index (χ3v) is 5.06. The van der Waals surface area contributed by atoms with E-state index in [0.29, 0.717) is 12.5 Å². The molecule has 1 amide bonds. The molecule has 0 aromatic heterocycles. The maximum atomic E-state index is 12.1. The highest BCUT2D eigenvalue weighted by atomic mass is 35.5. The van der Waals surface area contributed by atoms with E-state index in [4.69, 9.17) is 16.7 Å². The van der Waals surface area contributed by atoms with Gasteiger partial charge in [-0.25, -0.2) is 13.2 Å². The smallest absolute Gasteiger partial charge is 0.337 e. The summed E-state index contributed by atoms with van der Waals surface area (Å²) in [7, 11) is -3.84. The molecule has 0 heterocycles. The van der Waals surface area contributed by atoms with Crippen LogP contribution in [0.1, 0.15) is 23.2 Å². The molecule has 1 aromatic carbocycles. The fraction of sp³-hybridized carbons (Fsp3) is 0.385. The second kappa shape index (κ2) is 6.03. The molecule has 0 aliphatic heterocycles. The van der Waals surface area contributed by atoms with Gasteiger partial charge in [0.25, 0.3) is 0 Å². The number of carbonyl (C=O) groups is 2. The van der Waals surface area contributed by atoms with Crippen LogP contribution in [0.15, 0.2) is 23.1 Å². The highest BCUT2D eigenvalue weighted by Crippen LogP contribution is 2.27. The number of rotatable bonds is 6. The van der Waals surface area contributed by atoms with Gasteiger partial charge >= 0.3 is 5.97 Å². The molecule has 0 unspecified atom stereocenters. The number of aromatic carboxylic acids is 1. The molecule has 0 atom stereocenters. The van der Waals surface area contributed by atoms with Crippen LogP contribution in [0.3, 0.4) is 0 Å². The van der Waals surface area contributed by atoms with Gasteiger partial charge in [-0.3, -0.25) is 4.79 Å². The van der Waals surface area contributed by atoms with Crippen molar-refractivity contribution in [3.8, 4) is 0 Å². The lowest BCUT2D eigenvalue weighted by atomic mass is 10.2. The molecule has 1 aliphatic carbocycles. The van der Waals surface area contributed by atoms with Gasteiger partial charge in [-0.1, -0.05) is 11.6 Å². The second-order valence-electron chi connectivity index (χ2n) is 4.95.